The van der Waals surface area contributed by atoms with Gasteiger partial charge in [-0.25, -0.2) is 0 Å². The minimum absolute atomic E-state index is 0.0993. The van der Waals surface area contributed by atoms with Crippen LogP contribution in [0.2, 0.25) is 5.02 Å². The van der Waals surface area contributed by atoms with Crippen molar-refractivity contribution in [1.82, 2.24) is 0 Å². The van der Waals surface area contributed by atoms with Crippen LogP contribution in [0.15, 0.2) is 18.2 Å². The van der Waals surface area contributed by atoms with Crippen LogP contribution in [0.3, 0.4) is 0 Å². The van der Waals surface area contributed by atoms with Crippen LogP contribution in [-0.4, -0.2) is 26.6 Å². The van der Waals surface area contributed by atoms with E-state index in [2.05, 4.69) is 0 Å². The summed E-state index contributed by atoms with van der Waals surface area (Å²) in [6.45, 7) is 0.0993. The lowest BCUT2D eigenvalue weighted by molar-refractivity contribution is 0.0498. The Morgan fingerprint density at radius 1 is 1.43 bits per heavy atom. The monoisotopic (exact) mass is 216 g/mol. The second kappa shape index (κ2) is 5.75. The van der Waals surface area contributed by atoms with Gasteiger partial charge >= 0.3 is 7.69 Å². The van der Waals surface area contributed by atoms with Crippen LogP contribution in [0.1, 0.15) is 0 Å². The molecule has 1 rings (SSSR count). The third-order valence-electron chi connectivity index (χ3n) is 1.46. The first kappa shape index (κ1) is 11.2. The maximum absolute atomic E-state index is 8.60. The van der Waals surface area contributed by atoms with Gasteiger partial charge in [-0.1, -0.05) is 11.6 Å². The summed E-state index contributed by atoms with van der Waals surface area (Å²) in [5, 5.41) is 9.13. The average molecular weight is 216 g/mol. The zero-order valence-electron chi connectivity index (χ0n) is 7.70. The van der Waals surface area contributed by atoms with Gasteiger partial charge in [0.25, 0.3) is 0 Å². The molecule has 0 aromatic heterocycles. The molecule has 4 nitrogen and oxygen atoms in total. The molecule has 0 radical (unpaired) electrons. The van der Waals surface area contributed by atoms with Gasteiger partial charge in [0.1, 0.15) is 5.75 Å². The van der Waals surface area contributed by atoms with E-state index in [4.69, 9.17) is 30.8 Å². The molecule has 0 fully saturated rings. The topological polar surface area (TPSA) is 47.9 Å². The summed E-state index contributed by atoms with van der Waals surface area (Å²) < 4.78 is 14.8. The summed E-state index contributed by atoms with van der Waals surface area (Å²) in [6.07, 6.45) is 0. The fourth-order valence-electron chi connectivity index (χ4n) is 0.906. The van der Waals surface area contributed by atoms with E-state index < -0.39 is 7.69 Å². The maximum atomic E-state index is 8.60. The first-order valence-corrected chi connectivity index (χ1v) is 4.30. The van der Waals surface area contributed by atoms with E-state index in [0.717, 1.165) is 0 Å². The number of hydrogen-bond donors (Lipinski definition) is 1. The Kier molecular flexibility index (Phi) is 4.59. The Morgan fingerprint density at radius 3 is 2.86 bits per heavy atom. The molecule has 1 N–H and O–H groups in total. The van der Waals surface area contributed by atoms with Crippen LogP contribution >= 0.6 is 11.6 Å². The average Bonchev–Trinajstić information content (AvgIpc) is 2.18. The number of methoxy groups -OCH3 is 1. The van der Waals surface area contributed by atoms with Crippen molar-refractivity contribution in [1.29, 1.82) is 0 Å². The molecule has 0 aliphatic carbocycles. The van der Waals surface area contributed by atoms with Crippen LogP contribution in [-0.2, 0) is 4.74 Å². The molecule has 0 saturated carbocycles. The highest BCUT2D eigenvalue weighted by atomic mass is 35.5. The summed E-state index contributed by atoms with van der Waals surface area (Å²) in [4.78, 5) is 0. The van der Waals surface area contributed by atoms with E-state index in [-0.39, 0.29) is 6.79 Å². The fourth-order valence-corrected chi connectivity index (χ4v) is 1.07. The van der Waals surface area contributed by atoms with Crippen molar-refractivity contribution in [3.8, 4) is 11.5 Å². The molecule has 0 heterocycles. The number of rotatable bonds is 5. The summed E-state index contributed by atoms with van der Waals surface area (Å²) in [7, 11) is 1.10. The molecule has 0 unspecified atom stereocenters. The maximum Gasteiger partial charge on any atom is 0.504 e. The lowest BCUT2D eigenvalue weighted by Gasteiger charge is -2.10. The molecule has 0 spiro atoms. The minimum atomic E-state index is -0.412. The van der Waals surface area contributed by atoms with E-state index >= 15 is 0 Å². The van der Waals surface area contributed by atoms with Gasteiger partial charge < -0.3 is 19.2 Å². The fraction of sp³-hybridized carbons (Fsp3) is 0.250. The lowest BCUT2D eigenvalue weighted by atomic mass is 10.3. The number of hydrogen-bond acceptors (Lipinski definition) is 4. The molecular weight excluding hydrogens is 206 g/mol. The van der Waals surface area contributed by atoms with Crippen molar-refractivity contribution in [2.45, 2.75) is 0 Å². The number of ether oxygens (including phenoxy) is 2. The second-order valence-electron chi connectivity index (χ2n) is 2.42. The van der Waals surface area contributed by atoms with E-state index in [0.29, 0.717) is 16.5 Å². The predicted molar refractivity (Wildman–Crippen MR) is 54.0 cm³/mol. The molecule has 0 aliphatic rings. The van der Waals surface area contributed by atoms with Crippen molar-refractivity contribution in [2.24, 2.45) is 0 Å². The Labute approximate surface area is 87.7 Å². The molecule has 1 aromatic carbocycles. The second-order valence-corrected chi connectivity index (χ2v) is 2.85. The van der Waals surface area contributed by atoms with Gasteiger partial charge in [-0.05, 0) is 12.1 Å². The summed E-state index contributed by atoms with van der Waals surface area (Å²) in [6, 6.07) is 4.85. The Morgan fingerprint density at radius 2 is 2.21 bits per heavy atom. The third-order valence-corrected chi connectivity index (χ3v) is 1.69. The van der Waals surface area contributed by atoms with E-state index in [1.165, 1.54) is 7.11 Å². The zero-order valence-corrected chi connectivity index (χ0v) is 8.45. The van der Waals surface area contributed by atoms with Crippen LogP contribution in [0.4, 0.5) is 0 Å². The predicted octanol–water partition coefficient (Wildman–Crippen LogP) is 0.960. The highest BCUT2D eigenvalue weighted by Gasteiger charge is 2.05. The largest absolute Gasteiger partial charge is 0.536 e. The highest BCUT2D eigenvalue weighted by molar-refractivity contribution is 6.30. The van der Waals surface area contributed by atoms with Crippen LogP contribution in [0.25, 0.3) is 0 Å². The summed E-state index contributed by atoms with van der Waals surface area (Å²) in [5.74, 6) is 0.863. The molecule has 14 heavy (non-hydrogen) atoms. The molecule has 6 heteroatoms. The Hall–Kier alpha value is -0.905. The van der Waals surface area contributed by atoms with E-state index in [9.17, 15) is 0 Å². The van der Waals surface area contributed by atoms with Crippen molar-refractivity contribution < 1.29 is 19.2 Å². The van der Waals surface area contributed by atoms with E-state index in [1.807, 2.05) is 0 Å². The molecule has 0 atom stereocenters. The van der Waals surface area contributed by atoms with Gasteiger partial charge in [-0.15, -0.1) is 0 Å². The van der Waals surface area contributed by atoms with Crippen LogP contribution in [0, 0.1) is 0 Å². The number of benzene rings is 1. The summed E-state index contributed by atoms with van der Waals surface area (Å²) in [5.41, 5.74) is 0. The van der Waals surface area contributed by atoms with Crippen LogP contribution in [0.5, 0.6) is 11.5 Å². The Bertz CT molecular complexity index is 295. The van der Waals surface area contributed by atoms with Gasteiger partial charge in [0.15, 0.2) is 12.5 Å². The molecule has 0 aliphatic heterocycles. The van der Waals surface area contributed by atoms with Gasteiger partial charge in [-0.3, -0.25) is 0 Å². The molecule has 0 amide bonds. The lowest BCUT2D eigenvalue weighted by Crippen LogP contribution is -2.04. The first-order valence-electron chi connectivity index (χ1n) is 3.93. The van der Waals surface area contributed by atoms with Crippen LogP contribution < -0.4 is 9.39 Å². The van der Waals surface area contributed by atoms with Crippen molar-refractivity contribution >= 4 is 19.3 Å². The minimum Gasteiger partial charge on any atom is -0.536 e. The molecule has 76 valence electrons. The van der Waals surface area contributed by atoms with Gasteiger partial charge in [-0.2, -0.15) is 0 Å². The van der Waals surface area contributed by atoms with E-state index in [1.54, 1.807) is 18.2 Å². The normalized spacial score (nSPS) is 9.64. The standard InChI is InChI=1S/C8H10BClO4/c1-12-5-13-8-4-6(10)2-3-7(8)14-9-11/h2-4,9,11H,5H2,1H3. The SMILES string of the molecule is COCOc1cc(Cl)ccc1OBO. The van der Waals surface area contributed by atoms with Crippen molar-refractivity contribution in [3.63, 3.8) is 0 Å². The smallest absolute Gasteiger partial charge is 0.504 e. The molecule has 1 aromatic rings. The molecule has 0 bridgehead atoms. The zero-order chi connectivity index (χ0) is 10.4. The summed E-state index contributed by atoms with van der Waals surface area (Å²) >= 11 is 5.76. The van der Waals surface area contributed by atoms with Gasteiger partial charge in [0.2, 0.25) is 0 Å². The van der Waals surface area contributed by atoms with Crippen molar-refractivity contribution in [2.75, 3.05) is 13.9 Å². The van der Waals surface area contributed by atoms with Gasteiger partial charge in [0.05, 0.1) is 0 Å². The first-order chi connectivity index (χ1) is 6.77. The van der Waals surface area contributed by atoms with Gasteiger partial charge in [0, 0.05) is 18.2 Å². The quantitative estimate of drug-likeness (QED) is 0.588. The molecule has 0 saturated heterocycles. The molecular formula is C8H10BClO4. The number of halogens is 1. The Balaban J connectivity index is 2.79. The third kappa shape index (κ3) is 3.10. The highest BCUT2D eigenvalue weighted by Crippen LogP contribution is 2.29. The van der Waals surface area contributed by atoms with Crippen molar-refractivity contribution in [3.05, 3.63) is 23.2 Å².